The van der Waals surface area contributed by atoms with Gasteiger partial charge < -0.3 is 9.94 Å². The van der Waals surface area contributed by atoms with Crippen LogP contribution in [0.15, 0.2) is 30.3 Å². The van der Waals surface area contributed by atoms with Crippen molar-refractivity contribution in [1.29, 1.82) is 0 Å². The highest BCUT2D eigenvalue weighted by atomic mass is 16.6. The minimum atomic E-state index is -0.420. The summed E-state index contributed by atoms with van der Waals surface area (Å²) in [5.41, 5.74) is 3.02. The lowest BCUT2D eigenvalue weighted by Gasteiger charge is -2.14. The maximum absolute atomic E-state index is 8.74. The Morgan fingerprint density at radius 3 is 2.58 bits per heavy atom. The van der Waals surface area contributed by atoms with E-state index in [0.29, 0.717) is 6.61 Å². The molecule has 0 aliphatic carbocycles. The van der Waals surface area contributed by atoms with Crippen molar-refractivity contribution in [3.8, 4) is 0 Å². The minimum Gasteiger partial charge on any atom is -0.357 e. The normalized spacial score (nSPS) is 12.8. The molecule has 0 aliphatic rings. The standard InChI is InChI=1S/C9H13NO2/c1-2-12-9(10-11)8-6-4-3-5-7-8/h3-7,9-11H,2H2,1H3. The van der Waals surface area contributed by atoms with Crippen molar-refractivity contribution in [1.82, 2.24) is 5.48 Å². The smallest absolute Gasteiger partial charge is 0.155 e. The fraction of sp³-hybridized carbons (Fsp3) is 0.333. The van der Waals surface area contributed by atoms with Crippen LogP contribution in [-0.2, 0) is 4.74 Å². The molecule has 1 atom stereocenters. The van der Waals surface area contributed by atoms with E-state index in [1.807, 2.05) is 37.3 Å². The van der Waals surface area contributed by atoms with Crippen LogP contribution in [0.25, 0.3) is 0 Å². The molecule has 3 nitrogen and oxygen atoms in total. The van der Waals surface area contributed by atoms with Gasteiger partial charge in [-0.1, -0.05) is 30.3 Å². The number of hydroxylamine groups is 1. The van der Waals surface area contributed by atoms with Crippen LogP contribution in [0.4, 0.5) is 0 Å². The molecule has 1 aromatic carbocycles. The molecule has 66 valence electrons. The molecule has 0 spiro atoms. The predicted octanol–water partition coefficient (Wildman–Crippen LogP) is 1.70. The maximum atomic E-state index is 8.74. The van der Waals surface area contributed by atoms with Crippen molar-refractivity contribution in [2.75, 3.05) is 6.61 Å². The topological polar surface area (TPSA) is 41.5 Å². The van der Waals surface area contributed by atoms with Crippen LogP contribution >= 0.6 is 0 Å². The Balaban J connectivity index is 2.66. The highest BCUT2D eigenvalue weighted by Gasteiger charge is 2.07. The lowest BCUT2D eigenvalue weighted by molar-refractivity contribution is -0.0497. The molecule has 0 heterocycles. The van der Waals surface area contributed by atoms with Gasteiger partial charge >= 0.3 is 0 Å². The summed E-state index contributed by atoms with van der Waals surface area (Å²) in [6, 6.07) is 9.51. The number of ether oxygens (including phenoxy) is 1. The molecule has 1 aromatic rings. The summed E-state index contributed by atoms with van der Waals surface area (Å²) in [6.07, 6.45) is -0.420. The van der Waals surface area contributed by atoms with Crippen LogP contribution in [0.1, 0.15) is 18.7 Å². The van der Waals surface area contributed by atoms with Gasteiger partial charge in [0.05, 0.1) is 0 Å². The quantitative estimate of drug-likeness (QED) is 0.529. The van der Waals surface area contributed by atoms with Crippen molar-refractivity contribution in [3.05, 3.63) is 35.9 Å². The largest absolute Gasteiger partial charge is 0.357 e. The summed E-state index contributed by atoms with van der Waals surface area (Å²) < 4.78 is 5.22. The number of hydrogen-bond acceptors (Lipinski definition) is 3. The van der Waals surface area contributed by atoms with E-state index in [2.05, 4.69) is 5.48 Å². The Morgan fingerprint density at radius 2 is 2.08 bits per heavy atom. The van der Waals surface area contributed by atoms with E-state index in [4.69, 9.17) is 9.94 Å². The zero-order valence-electron chi connectivity index (χ0n) is 7.03. The Bertz CT molecular complexity index is 213. The Labute approximate surface area is 71.9 Å². The molecule has 0 saturated heterocycles. The molecule has 12 heavy (non-hydrogen) atoms. The lowest BCUT2D eigenvalue weighted by Crippen LogP contribution is -2.19. The Morgan fingerprint density at radius 1 is 1.42 bits per heavy atom. The van der Waals surface area contributed by atoms with Crippen molar-refractivity contribution < 1.29 is 9.94 Å². The highest BCUT2D eigenvalue weighted by Crippen LogP contribution is 2.12. The van der Waals surface area contributed by atoms with E-state index in [9.17, 15) is 0 Å². The number of benzene rings is 1. The van der Waals surface area contributed by atoms with Crippen molar-refractivity contribution in [2.24, 2.45) is 0 Å². The Kier molecular flexibility index (Phi) is 3.73. The summed E-state index contributed by atoms with van der Waals surface area (Å²) in [7, 11) is 0. The average Bonchev–Trinajstić information content (AvgIpc) is 2.15. The van der Waals surface area contributed by atoms with Gasteiger partial charge in [-0.15, -0.1) is 0 Å². The fourth-order valence-corrected chi connectivity index (χ4v) is 1.00. The van der Waals surface area contributed by atoms with E-state index >= 15 is 0 Å². The van der Waals surface area contributed by atoms with E-state index in [-0.39, 0.29) is 0 Å². The summed E-state index contributed by atoms with van der Waals surface area (Å²) in [5, 5.41) is 8.74. The second-order valence-electron chi connectivity index (χ2n) is 2.38. The van der Waals surface area contributed by atoms with E-state index in [1.54, 1.807) is 0 Å². The molecule has 3 heteroatoms. The first kappa shape index (κ1) is 9.19. The van der Waals surface area contributed by atoms with Crippen LogP contribution in [0, 0.1) is 0 Å². The molecular formula is C9H13NO2. The number of hydrogen-bond donors (Lipinski definition) is 2. The molecule has 0 amide bonds. The van der Waals surface area contributed by atoms with Crippen LogP contribution in [-0.4, -0.2) is 11.8 Å². The van der Waals surface area contributed by atoms with Gasteiger partial charge in [0.1, 0.15) is 0 Å². The summed E-state index contributed by atoms with van der Waals surface area (Å²) in [5.74, 6) is 0. The minimum absolute atomic E-state index is 0.420. The van der Waals surface area contributed by atoms with E-state index in [1.165, 1.54) is 0 Å². The van der Waals surface area contributed by atoms with Crippen LogP contribution in [0.5, 0.6) is 0 Å². The average molecular weight is 167 g/mol. The highest BCUT2D eigenvalue weighted by molar-refractivity contribution is 5.16. The molecule has 0 fully saturated rings. The van der Waals surface area contributed by atoms with Gasteiger partial charge in [-0.05, 0) is 12.5 Å². The van der Waals surface area contributed by atoms with Crippen molar-refractivity contribution in [3.63, 3.8) is 0 Å². The number of nitrogens with one attached hydrogen (secondary N) is 1. The van der Waals surface area contributed by atoms with Gasteiger partial charge in [0.25, 0.3) is 0 Å². The van der Waals surface area contributed by atoms with Crippen LogP contribution in [0.2, 0.25) is 0 Å². The molecular weight excluding hydrogens is 154 g/mol. The van der Waals surface area contributed by atoms with Gasteiger partial charge in [-0.25, -0.2) is 0 Å². The first-order valence-corrected chi connectivity index (χ1v) is 3.94. The SMILES string of the molecule is CCOC(NO)c1ccccc1. The molecule has 0 bridgehead atoms. The predicted molar refractivity (Wildman–Crippen MR) is 45.7 cm³/mol. The van der Waals surface area contributed by atoms with E-state index in [0.717, 1.165) is 5.56 Å². The first-order chi connectivity index (χ1) is 5.88. The van der Waals surface area contributed by atoms with Crippen molar-refractivity contribution >= 4 is 0 Å². The summed E-state index contributed by atoms with van der Waals surface area (Å²) in [4.78, 5) is 0. The van der Waals surface area contributed by atoms with Gasteiger partial charge in [0, 0.05) is 6.61 Å². The van der Waals surface area contributed by atoms with Gasteiger partial charge in [-0.2, -0.15) is 5.48 Å². The zero-order chi connectivity index (χ0) is 8.81. The molecule has 0 saturated carbocycles. The molecule has 1 unspecified atom stereocenters. The molecule has 1 rings (SSSR count). The fourth-order valence-electron chi connectivity index (χ4n) is 1.00. The third-order valence-electron chi connectivity index (χ3n) is 1.55. The monoisotopic (exact) mass is 167 g/mol. The van der Waals surface area contributed by atoms with Crippen LogP contribution in [0.3, 0.4) is 0 Å². The number of rotatable bonds is 4. The van der Waals surface area contributed by atoms with E-state index < -0.39 is 6.23 Å². The molecule has 0 radical (unpaired) electrons. The van der Waals surface area contributed by atoms with Gasteiger partial charge in [0.2, 0.25) is 0 Å². The zero-order valence-corrected chi connectivity index (χ0v) is 7.03. The second-order valence-corrected chi connectivity index (χ2v) is 2.38. The first-order valence-electron chi connectivity index (χ1n) is 3.94. The third kappa shape index (κ3) is 2.30. The summed E-state index contributed by atoms with van der Waals surface area (Å²) >= 11 is 0. The molecule has 0 aromatic heterocycles. The molecule has 0 aliphatic heterocycles. The van der Waals surface area contributed by atoms with Gasteiger partial charge in [-0.3, -0.25) is 0 Å². The lowest BCUT2D eigenvalue weighted by atomic mass is 10.2. The second kappa shape index (κ2) is 4.87. The van der Waals surface area contributed by atoms with Gasteiger partial charge in [0.15, 0.2) is 6.23 Å². The summed E-state index contributed by atoms with van der Waals surface area (Å²) in [6.45, 7) is 2.44. The maximum Gasteiger partial charge on any atom is 0.155 e. The third-order valence-corrected chi connectivity index (χ3v) is 1.55. The Hall–Kier alpha value is -0.900. The molecule has 2 N–H and O–H groups in total. The van der Waals surface area contributed by atoms with Crippen LogP contribution < -0.4 is 5.48 Å². The van der Waals surface area contributed by atoms with Crippen molar-refractivity contribution in [2.45, 2.75) is 13.2 Å².